The summed E-state index contributed by atoms with van der Waals surface area (Å²) >= 11 is 0. The maximum Gasteiger partial charge on any atom is 0.310 e. The predicted molar refractivity (Wildman–Crippen MR) is 59.0 cm³/mol. The molecule has 4 aliphatic carbocycles. The largest absolute Gasteiger partial charge is 0.481 e. The van der Waals surface area contributed by atoms with E-state index in [1.165, 1.54) is 0 Å². The van der Waals surface area contributed by atoms with E-state index in [2.05, 4.69) is 0 Å². The minimum atomic E-state index is -0.854. The number of rotatable bonds is 3. The fourth-order valence-electron chi connectivity index (χ4n) is 3.77. The van der Waals surface area contributed by atoms with Gasteiger partial charge >= 0.3 is 11.9 Å². The van der Waals surface area contributed by atoms with E-state index in [0.29, 0.717) is 18.4 Å². The van der Waals surface area contributed by atoms with Crippen LogP contribution in [0.5, 0.6) is 0 Å². The van der Waals surface area contributed by atoms with Gasteiger partial charge in [-0.2, -0.15) is 0 Å². The Hall–Kier alpha value is -1.32. The smallest absolute Gasteiger partial charge is 0.310 e. The highest BCUT2D eigenvalue weighted by atomic mass is 16.5. The molecule has 2 fully saturated rings. The van der Waals surface area contributed by atoms with Gasteiger partial charge in [0.15, 0.2) is 0 Å². The number of esters is 1. The van der Waals surface area contributed by atoms with Gasteiger partial charge in [-0.05, 0) is 37.0 Å². The zero-order valence-corrected chi connectivity index (χ0v) is 9.70. The fourth-order valence-corrected chi connectivity index (χ4v) is 3.77. The van der Waals surface area contributed by atoms with Crippen LogP contribution in [0.1, 0.15) is 13.3 Å². The molecule has 17 heavy (non-hydrogen) atoms. The lowest BCUT2D eigenvalue weighted by molar-refractivity contribution is -0.164. The summed E-state index contributed by atoms with van der Waals surface area (Å²) in [5.74, 6) is -1.08. The molecule has 2 bridgehead atoms. The van der Waals surface area contributed by atoms with Gasteiger partial charge in [0.25, 0.3) is 0 Å². The van der Waals surface area contributed by atoms with Crippen molar-refractivity contribution >= 4 is 11.9 Å². The van der Waals surface area contributed by atoms with Gasteiger partial charge in [-0.3, -0.25) is 9.59 Å². The van der Waals surface area contributed by atoms with Crippen molar-refractivity contribution in [1.29, 1.82) is 0 Å². The van der Waals surface area contributed by atoms with Crippen LogP contribution < -0.4 is 0 Å². The molecule has 0 aromatic heterocycles. The van der Waals surface area contributed by atoms with Crippen LogP contribution in [-0.2, 0) is 14.3 Å². The van der Waals surface area contributed by atoms with E-state index < -0.39 is 17.8 Å². The van der Waals surface area contributed by atoms with Crippen molar-refractivity contribution in [1.82, 2.24) is 0 Å². The zero-order valence-electron chi connectivity index (χ0n) is 9.70. The van der Waals surface area contributed by atoms with Crippen LogP contribution in [0.4, 0.5) is 0 Å². The molecule has 0 saturated heterocycles. The average Bonchev–Trinajstić information content (AvgIpc) is 3.09. The van der Waals surface area contributed by atoms with Crippen LogP contribution in [0.3, 0.4) is 0 Å². The average molecular weight is 236 g/mol. The summed E-state index contributed by atoms with van der Waals surface area (Å²) in [4.78, 5) is 23.3. The van der Waals surface area contributed by atoms with Crippen LogP contribution in [0.2, 0.25) is 0 Å². The molecule has 92 valence electrons. The number of allylic oxidation sites excluding steroid dienone is 2. The number of carbonyl (C=O) groups is 2. The third-order valence-corrected chi connectivity index (χ3v) is 4.50. The van der Waals surface area contributed by atoms with E-state index in [1.54, 1.807) is 6.92 Å². The van der Waals surface area contributed by atoms with Gasteiger partial charge in [-0.25, -0.2) is 0 Å². The van der Waals surface area contributed by atoms with Gasteiger partial charge < -0.3 is 9.84 Å². The fraction of sp³-hybridized carbons (Fsp3) is 0.692. The lowest BCUT2D eigenvalue weighted by Gasteiger charge is -2.40. The molecule has 0 amide bonds. The highest BCUT2D eigenvalue weighted by Gasteiger charge is 2.63. The monoisotopic (exact) mass is 236 g/mol. The van der Waals surface area contributed by atoms with Crippen molar-refractivity contribution in [2.45, 2.75) is 13.3 Å². The topological polar surface area (TPSA) is 63.6 Å². The molecule has 0 aliphatic heterocycles. The number of hydrogen-bond donors (Lipinski definition) is 1. The second-order valence-electron chi connectivity index (χ2n) is 5.24. The van der Waals surface area contributed by atoms with Gasteiger partial charge in [-0.15, -0.1) is 0 Å². The summed E-state index contributed by atoms with van der Waals surface area (Å²) < 4.78 is 5.05. The summed E-state index contributed by atoms with van der Waals surface area (Å²) in [6.07, 6.45) is 5.12. The highest BCUT2D eigenvalue weighted by Crippen LogP contribution is 2.63. The van der Waals surface area contributed by atoms with Crippen LogP contribution in [0, 0.1) is 35.5 Å². The second kappa shape index (κ2) is 3.59. The van der Waals surface area contributed by atoms with E-state index in [0.717, 1.165) is 6.42 Å². The number of carboxylic acids is 1. The first kappa shape index (κ1) is 10.8. The van der Waals surface area contributed by atoms with E-state index in [9.17, 15) is 14.7 Å². The van der Waals surface area contributed by atoms with Gasteiger partial charge in [0.2, 0.25) is 0 Å². The zero-order chi connectivity index (χ0) is 12.2. The predicted octanol–water partition coefficient (Wildman–Crippen LogP) is 1.32. The second-order valence-corrected chi connectivity index (χ2v) is 5.24. The van der Waals surface area contributed by atoms with E-state index >= 15 is 0 Å². The molecule has 4 rings (SSSR count). The molecule has 2 saturated carbocycles. The van der Waals surface area contributed by atoms with Crippen molar-refractivity contribution in [2.24, 2.45) is 35.5 Å². The minimum Gasteiger partial charge on any atom is -0.481 e. The standard InChI is InChI=1S/C13H16O4/c1-2-17-13(16)11-7-4-3-6(8-5-9(7)8)10(11)12(14)15/h3-4,6-11H,2,5H2,1H3,(H,14,15). The molecular weight excluding hydrogens is 220 g/mol. The molecule has 4 heteroatoms. The molecular formula is C13H16O4. The number of carbonyl (C=O) groups excluding carboxylic acids is 1. The van der Waals surface area contributed by atoms with Crippen LogP contribution in [0.25, 0.3) is 0 Å². The van der Waals surface area contributed by atoms with E-state index in [1.807, 2.05) is 12.2 Å². The highest BCUT2D eigenvalue weighted by molar-refractivity contribution is 5.83. The third kappa shape index (κ3) is 1.43. The molecule has 4 aliphatic rings. The Balaban J connectivity index is 1.92. The summed E-state index contributed by atoms with van der Waals surface area (Å²) in [5, 5.41) is 9.34. The Morgan fingerprint density at radius 2 is 1.82 bits per heavy atom. The van der Waals surface area contributed by atoms with E-state index in [4.69, 9.17) is 4.74 Å². The molecule has 6 atom stereocenters. The maximum atomic E-state index is 11.9. The Morgan fingerprint density at radius 1 is 1.24 bits per heavy atom. The summed E-state index contributed by atoms with van der Waals surface area (Å²) in [6, 6.07) is 0. The number of fused-ring (bicyclic) bond motifs is 1. The number of carboxylic acid groups (broad SMARTS) is 1. The minimum absolute atomic E-state index is 0.0388. The van der Waals surface area contributed by atoms with Crippen molar-refractivity contribution in [3.8, 4) is 0 Å². The van der Waals surface area contributed by atoms with Crippen LogP contribution in [-0.4, -0.2) is 23.7 Å². The maximum absolute atomic E-state index is 11.9. The van der Waals surface area contributed by atoms with Crippen molar-refractivity contribution in [3.63, 3.8) is 0 Å². The molecule has 0 heterocycles. The van der Waals surface area contributed by atoms with Gasteiger partial charge in [0, 0.05) is 0 Å². The van der Waals surface area contributed by atoms with Crippen molar-refractivity contribution in [3.05, 3.63) is 12.2 Å². The Kier molecular flexibility index (Phi) is 2.28. The molecule has 6 unspecified atom stereocenters. The normalized spacial score (nSPS) is 45.2. The molecule has 0 aromatic rings. The molecule has 1 N–H and O–H groups in total. The molecule has 4 nitrogen and oxygen atoms in total. The summed E-state index contributed by atoms with van der Waals surface area (Å²) in [6.45, 7) is 2.07. The number of aliphatic carboxylic acids is 1. The first-order valence-electron chi connectivity index (χ1n) is 6.23. The van der Waals surface area contributed by atoms with Crippen LogP contribution in [0.15, 0.2) is 12.2 Å². The van der Waals surface area contributed by atoms with Gasteiger partial charge in [0.05, 0.1) is 18.4 Å². The Bertz CT molecular complexity index is 400. The summed E-state index contributed by atoms with van der Waals surface area (Å²) in [5.41, 5.74) is 0. The number of hydrogen-bond acceptors (Lipinski definition) is 3. The van der Waals surface area contributed by atoms with Crippen molar-refractivity contribution < 1.29 is 19.4 Å². The Morgan fingerprint density at radius 3 is 2.35 bits per heavy atom. The Labute approximate surface area is 99.6 Å². The number of ether oxygens (including phenoxy) is 1. The third-order valence-electron chi connectivity index (χ3n) is 4.50. The SMILES string of the molecule is CCOC(=O)C1C2C=CC(C3CC23)C1C(=O)O. The van der Waals surface area contributed by atoms with Crippen molar-refractivity contribution in [2.75, 3.05) is 6.61 Å². The first-order chi connectivity index (χ1) is 8.15. The van der Waals surface area contributed by atoms with Crippen LogP contribution >= 0.6 is 0 Å². The molecule has 0 aromatic carbocycles. The lowest BCUT2D eigenvalue weighted by Crippen LogP contribution is -2.47. The van der Waals surface area contributed by atoms with Gasteiger partial charge in [0.1, 0.15) is 0 Å². The lowest BCUT2D eigenvalue weighted by atomic mass is 9.62. The summed E-state index contributed by atoms with van der Waals surface area (Å²) in [7, 11) is 0. The quantitative estimate of drug-likeness (QED) is 0.593. The molecule has 0 spiro atoms. The van der Waals surface area contributed by atoms with E-state index in [-0.39, 0.29) is 17.8 Å². The molecule has 0 radical (unpaired) electrons. The first-order valence-corrected chi connectivity index (χ1v) is 6.23. The van der Waals surface area contributed by atoms with Gasteiger partial charge in [-0.1, -0.05) is 12.2 Å².